The highest BCUT2D eigenvalue weighted by Crippen LogP contribution is 2.26. The lowest BCUT2D eigenvalue weighted by molar-refractivity contribution is -0.119. The van der Waals surface area contributed by atoms with E-state index in [0.29, 0.717) is 12.0 Å². The molecule has 0 aliphatic carbocycles. The molecule has 0 bridgehead atoms. The quantitative estimate of drug-likeness (QED) is 0.607. The number of carbonyl (C=O) groups excluding carboxylic acids is 1. The molecular weight excluding hydrogens is 152 g/mol. The molecule has 68 valence electrons. The van der Waals surface area contributed by atoms with E-state index in [1.54, 1.807) is 0 Å². The van der Waals surface area contributed by atoms with Gasteiger partial charge in [-0.05, 0) is 26.4 Å². The molecule has 0 aromatic heterocycles. The Labute approximate surface area is 73.1 Å². The molecule has 0 radical (unpaired) electrons. The molecule has 0 aromatic rings. The zero-order valence-corrected chi connectivity index (χ0v) is 7.55. The lowest BCUT2D eigenvalue weighted by Crippen LogP contribution is -2.33. The van der Waals surface area contributed by atoms with Crippen molar-refractivity contribution in [1.82, 2.24) is 10.2 Å². The molecule has 0 spiro atoms. The van der Waals surface area contributed by atoms with E-state index in [0.717, 1.165) is 13.0 Å². The van der Waals surface area contributed by atoms with Gasteiger partial charge < -0.3 is 10.2 Å². The highest BCUT2D eigenvalue weighted by molar-refractivity contribution is 5.78. The minimum absolute atomic E-state index is 0.236. The van der Waals surface area contributed by atoms with Crippen molar-refractivity contribution in [1.29, 1.82) is 0 Å². The molecule has 2 heterocycles. The first-order chi connectivity index (χ1) is 5.77. The fraction of sp³-hybridized carbons (Fsp3) is 0.889. The predicted molar refractivity (Wildman–Crippen MR) is 46.8 cm³/mol. The second-order valence-electron chi connectivity index (χ2n) is 3.96. The van der Waals surface area contributed by atoms with Crippen LogP contribution in [0.25, 0.3) is 0 Å². The SMILES string of the molecule is CN1CCCC1C1CNC(=O)C1. The summed E-state index contributed by atoms with van der Waals surface area (Å²) in [5.41, 5.74) is 0. The molecule has 1 N–H and O–H groups in total. The van der Waals surface area contributed by atoms with E-state index in [4.69, 9.17) is 0 Å². The van der Waals surface area contributed by atoms with Crippen LogP contribution in [0.4, 0.5) is 0 Å². The number of rotatable bonds is 1. The first-order valence-electron chi connectivity index (χ1n) is 4.74. The average molecular weight is 168 g/mol. The number of nitrogens with one attached hydrogen (secondary N) is 1. The molecule has 2 saturated heterocycles. The van der Waals surface area contributed by atoms with Gasteiger partial charge in [0.25, 0.3) is 0 Å². The van der Waals surface area contributed by atoms with Crippen molar-refractivity contribution < 1.29 is 4.79 Å². The lowest BCUT2D eigenvalue weighted by atomic mass is 9.97. The first kappa shape index (κ1) is 8.05. The van der Waals surface area contributed by atoms with Crippen LogP contribution >= 0.6 is 0 Å². The van der Waals surface area contributed by atoms with Crippen molar-refractivity contribution in [3.8, 4) is 0 Å². The smallest absolute Gasteiger partial charge is 0.220 e. The molecular formula is C9H16N2O. The van der Waals surface area contributed by atoms with Gasteiger partial charge in [-0.1, -0.05) is 0 Å². The van der Waals surface area contributed by atoms with Crippen LogP contribution < -0.4 is 5.32 Å². The molecule has 2 aliphatic heterocycles. The van der Waals surface area contributed by atoms with E-state index in [9.17, 15) is 4.79 Å². The number of likely N-dealkylation sites (tertiary alicyclic amines) is 1. The average Bonchev–Trinajstić information content (AvgIpc) is 2.58. The van der Waals surface area contributed by atoms with Gasteiger partial charge >= 0.3 is 0 Å². The third-order valence-corrected chi connectivity index (χ3v) is 3.13. The molecule has 2 aliphatic rings. The minimum Gasteiger partial charge on any atom is -0.356 e. The van der Waals surface area contributed by atoms with Crippen LogP contribution in [0.5, 0.6) is 0 Å². The van der Waals surface area contributed by atoms with Gasteiger partial charge in [0.05, 0.1) is 0 Å². The highest BCUT2D eigenvalue weighted by Gasteiger charge is 2.33. The molecule has 1 amide bonds. The van der Waals surface area contributed by atoms with Gasteiger partial charge in [0.1, 0.15) is 0 Å². The summed E-state index contributed by atoms with van der Waals surface area (Å²) in [6.07, 6.45) is 3.32. The van der Waals surface area contributed by atoms with Crippen LogP contribution in [-0.4, -0.2) is 37.0 Å². The number of carbonyl (C=O) groups is 1. The highest BCUT2D eigenvalue weighted by atomic mass is 16.1. The van der Waals surface area contributed by atoms with Crippen molar-refractivity contribution >= 4 is 5.91 Å². The van der Waals surface area contributed by atoms with Crippen LogP contribution in [0.1, 0.15) is 19.3 Å². The molecule has 2 unspecified atom stereocenters. The Balaban J connectivity index is 1.95. The Kier molecular flexibility index (Phi) is 2.05. The molecule has 0 saturated carbocycles. The number of nitrogens with zero attached hydrogens (tertiary/aromatic N) is 1. The third-order valence-electron chi connectivity index (χ3n) is 3.13. The summed E-state index contributed by atoms with van der Waals surface area (Å²) in [6, 6.07) is 0.656. The summed E-state index contributed by atoms with van der Waals surface area (Å²) in [4.78, 5) is 13.4. The second-order valence-corrected chi connectivity index (χ2v) is 3.96. The van der Waals surface area contributed by atoms with Crippen molar-refractivity contribution in [3.63, 3.8) is 0 Å². The topological polar surface area (TPSA) is 32.3 Å². The molecule has 2 atom stereocenters. The minimum atomic E-state index is 0.236. The monoisotopic (exact) mass is 168 g/mol. The van der Waals surface area contributed by atoms with E-state index in [1.165, 1.54) is 19.4 Å². The Bertz CT molecular complexity index is 193. The van der Waals surface area contributed by atoms with Crippen LogP contribution in [0.2, 0.25) is 0 Å². The van der Waals surface area contributed by atoms with Crippen molar-refractivity contribution in [2.24, 2.45) is 5.92 Å². The summed E-state index contributed by atoms with van der Waals surface area (Å²) in [6.45, 7) is 2.10. The standard InChI is InChI=1S/C9H16N2O/c1-11-4-2-3-8(11)7-5-9(12)10-6-7/h7-8H,2-6H2,1H3,(H,10,12). The van der Waals surface area contributed by atoms with Gasteiger partial charge in [-0.15, -0.1) is 0 Å². The maximum Gasteiger partial charge on any atom is 0.220 e. The maximum absolute atomic E-state index is 11.0. The van der Waals surface area contributed by atoms with Crippen molar-refractivity contribution in [2.45, 2.75) is 25.3 Å². The fourth-order valence-corrected chi connectivity index (χ4v) is 2.43. The Morgan fingerprint density at radius 2 is 2.42 bits per heavy atom. The number of amides is 1. The number of hydrogen-bond donors (Lipinski definition) is 1. The first-order valence-corrected chi connectivity index (χ1v) is 4.74. The van der Waals surface area contributed by atoms with Gasteiger partial charge in [0, 0.05) is 24.9 Å². The van der Waals surface area contributed by atoms with E-state index < -0.39 is 0 Å². The van der Waals surface area contributed by atoms with E-state index in [1.807, 2.05) is 0 Å². The Hall–Kier alpha value is -0.570. The second kappa shape index (κ2) is 3.05. The zero-order chi connectivity index (χ0) is 8.55. The van der Waals surface area contributed by atoms with E-state index in [2.05, 4.69) is 17.3 Å². The molecule has 2 rings (SSSR count). The Morgan fingerprint density at radius 3 is 2.92 bits per heavy atom. The largest absolute Gasteiger partial charge is 0.356 e. The van der Waals surface area contributed by atoms with Gasteiger partial charge in [-0.3, -0.25) is 4.79 Å². The summed E-state index contributed by atoms with van der Waals surface area (Å²) < 4.78 is 0. The predicted octanol–water partition coefficient (Wildman–Crippen LogP) is 0.217. The molecule has 0 aromatic carbocycles. The van der Waals surface area contributed by atoms with Gasteiger partial charge in [-0.2, -0.15) is 0 Å². The van der Waals surface area contributed by atoms with Gasteiger partial charge in [0.2, 0.25) is 5.91 Å². The van der Waals surface area contributed by atoms with Crippen LogP contribution in [0.3, 0.4) is 0 Å². The third kappa shape index (κ3) is 1.33. The van der Waals surface area contributed by atoms with Crippen molar-refractivity contribution in [3.05, 3.63) is 0 Å². The Morgan fingerprint density at radius 1 is 1.58 bits per heavy atom. The van der Waals surface area contributed by atoms with Gasteiger partial charge in [0.15, 0.2) is 0 Å². The summed E-state index contributed by atoms with van der Waals surface area (Å²) >= 11 is 0. The zero-order valence-electron chi connectivity index (χ0n) is 7.55. The van der Waals surface area contributed by atoms with Gasteiger partial charge in [-0.25, -0.2) is 0 Å². The molecule has 3 heteroatoms. The van der Waals surface area contributed by atoms with E-state index >= 15 is 0 Å². The van der Waals surface area contributed by atoms with Crippen LogP contribution in [-0.2, 0) is 4.79 Å². The summed E-state index contributed by atoms with van der Waals surface area (Å²) in [5.74, 6) is 0.810. The van der Waals surface area contributed by atoms with Crippen molar-refractivity contribution in [2.75, 3.05) is 20.1 Å². The van der Waals surface area contributed by atoms with Crippen LogP contribution in [0, 0.1) is 5.92 Å². The molecule has 2 fully saturated rings. The normalized spacial score (nSPS) is 37.2. The maximum atomic E-state index is 11.0. The molecule has 12 heavy (non-hydrogen) atoms. The lowest BCUT2D eigenvalue weighted by Gasteiger charge is -2.24. The van der Waals surface area contributed by atoms with Crippen LogP contribution in [0.15, 0.2) is 0 Å². The number of hydrogen-bond acceptors (Lipinski definition) is 2. The fourth-order valence-electron chi connectivity index (χ4n) is 2.43. The molecule has 3 nitrogen and oxygen atoms in total. The summed E-state index contributed by atoms with van der Waals surface area (Å²) in [5, 5.41) is 2.90. The van der Waals surface area contributed by atoms with E-state index in [-0.39, 0.29) is 5.91 Å². The summed E-state index contributed by atoms with van der Waals surface area (Å²) in [7, 11) is 2.17.